The van der Waals surface area contributed by atoms with Crippen LogP contribution in [0.3, 0.4) is 0 Å². The Bertz CT molecular complexity index is 975. The smallest absolute Gasteiger partial charge is 0.129 e. The molecule has 49 heavy (non-hydrogen) atoms. The summed E-state index contributed by atoms with van der Waals surface area (Å²) in [6.07, 6.45) is 20.2. The molecule has 0 radical (unpaired) electrons. The molecule has 0 fully saturated rings. The van der Waals surface area contributed by atoms with Gasteiger partial charge in [-0.3, -0.25) is 4.39 Å². The zero-order valence-corrected chi connectivity index (χ0v) is 35.8. The maximum atomic E-state index is 11.2. The number of carbonyl (C=O) groups excluding carboxylic acids is 1. The Hall–Kier alpha value is -2.00. The van der Waals surface area contributed by atoms with Crippen LogP contribution in [0.15, 0.2) is 48.6 Å². The van der Waals surface area contributed by atoms with Gasteiger partial charge in [0.05, 0.1) is 6.67 Å². The average molecular weight is 689 g/mol. The Morgan fingerprint density at radius 1 is 0.857 bits per heavy atom. The molecule has 1 aromatic rings. The van der Waals surface area contributed by atoms with Gasteiger partial charge in [0.2, 0.25) is 0 Å². The quantitative estimate of drug-likeness (QED) is 0.135. The van der Waals surface area contributed by atoms with Gasteiger partial charge in [-0.15, -0.1) is 0 Å². The van der Waals surface area contributed by atoms with Crippen LogP contribution in [0.25, 0.3) is 5.57 Å². The van der Waals surface area contributed by atoms with Crippen molar-refractivity contribution >= 4 is 11.4 Å². The van der Waals surface area contributed by atoms with Gasteiger partial charge in [-0.1, -0.05) is 177 Å². The van der Waals surface area contributed by atoms with E-state index in [0.717, 1.165) is 37.2 Å². The maximum absolute atomic E-state index is 11.2. The molecule has 2 rings (SSSR count). The molecule has 0 saturated heterocycles. The lowest BCUT2D eigenvalue weighted by Gasteiger charge is -2.42. The summed E-state index contributed by atoms with van der Waals surface area (Å²) in [5.41, 5.74) is 7.17. The number of methoxy groups -OCH3 is 1. The summed E-state index contributed by atoms with van der Waals surface area (Å²) in [6, 6.07) is 6.92. The minimum atomic E-state index is -0.145. The number of alkyl halides is 1. The lowest BCUT2D eigenvalue weighted by molar-refractivity contribution is -0.117. The van der Waals surface area contributed by atoms with Crippen molar-refractivity contribution in [2.45, 2.75) is 192 Å². The Morgan fingerprint density at radius 2 is 1.41 bits per heavy atom. The number of hydrogen-bond donors (Lipinski definition) is 0. The molecule has 1 unspecified atom stereocenters. The Kier molecular flexibility index (Phi) is 37.8. The number of halogens is 1. The van der Waals surface area contributed by atoms with Gasteiger partial charge in [0, 0.05) is 20.1 Å². The molecule has 0 saturated carbocycles. The molecule has 1 atom stereocenters. The highest BCUT2D eigenvalue weighted by Crippen LogP contribution is 2.46. The van der Waals surface area contributed by atoms with Crippen LogP contribution in [0.4, 0.5) is 4.39 Å². The van der Waals surface area contributed by atoms with E-state index in [-0.39, 0.29) is 23.3 Å². The third-order valence-electron chi connectivity index (χ3n) is 8.40. The molecule has 0 heterocycles. The van der Waals surface area contributed by atoms with Gasteiger partial charge in [-0.05, 0) is 85.5 Å². The van der Waals surface area contributed by atoms with E-state index in [0.29, 0.717) is 13.0 Å². The van der Waals surface area contributed by atoms with Crippen LogP contribution in [-0.4, -0.2) is 26.2 Å². The molecule has 0 aliphatic heterocycles. The summed E-state index contributed by atoms with van der Waals surface area (Å²) in [7, 11) is 1.64. The van der Waals surface area contributed by atoms with Crippen molar-refractivity contribution in [2.75, 3.05) is 20.4 Å². The molecular formula is C46H85FO2. The third-order valence-corrected chi connectivity index (χ3v) is 8.40. The first-order chi connectivity index (χ1) is 23.1. The molecule has 3 heteroatoms. The van der Waals surface area contributed by atoms with Gasteiger partial charge in [-0.25, -0.2) is 0 Å². The first kappa shape index (κ1) is 53.8. The second-order valence-electron chi connectivity index (χ2n) is 14.4. The van der Waals surface area contributed by atoms with Crippen LogP contribution < -0.4 is 0 Å². The van der Waals surface area contributed by atoms with Crippen LogP contribution in [0.5, 0.6) is 0 Å². The molecule has 0 spiro atoms. The van der Waals surface area contributed by atoms with E-state index < -0.39 is 0 Å². The number of ketones is 1. The molecule has 0 bridgehead atoms. The summed E-state index contributed by atoms with van der Waals surface area (Å²) in [5.74, 6) is 1.21. The summed E-state index contributed by atoms with van der Waals surface area (Å²) in [4.78, 5) is 10.3. The number of rotatable bonds is 15. The lowest BCUT2D eigenvalue weighted by atomic mass is 9.63. The Balaban J connectivity index is -0.000000311. The van der Waals surface area contributed by atoms with E-state index in [4.69, 9.17) is 4.74 Å². The normalized spacial score (nSPS) is 13.8. The van der Waals surface area contributed by atoms with Crippen molar-refractivity contribution < 1.29 is 13.9 Å². The summed E-state index contributed by atoms with van der Waals surface area (Å²) >= 11 is 0. The summed E-state index contributed by atoms with van der Waals surface area (Å²) in [6.45, 7) is 37.0. The van der Waals surface area contributed by atoms with E-state index in [1.807, 2.05) is 27.7 Å². The number of hydrogen-bond acceptors (Lipinski definition) is 2. The molecular weight excluding hydrogens is 604 g/mol. The topological polar surface area (TPSA) is 26.3 Å². The van der Waals surface area contributed by atoms with Crippen LogP contribution in [0.2, 0.25) is 0 Å². The van der Waals surface area contributed by atoms with Crippen molar-refractivity contribution in [1.29, 1.82) is 0 Å². The largest absolute Gasteiger partial charge is 0.385 e. The number of benzene rings is 1. The molecule has 2 nitrogen and oxygen atoms in total. The number of unbranched alkanes of at least 4 members (excludes halogenated alkanes) is 3. The SMILES string of the molecule is C=C(/C=C\C=C(C)C)c1ccc2c(c1)C(C)(C)CCC2(C)C.CC.CC.CCCCC(C)CCC.CCCCCF.COCCCC(C)=O. The van der Waals surface area contributed by atoms with Crippen molar-refractivity contribution in [3.63, 3.8) is 0 Å². The lowest BCUT2D eigenvalue weighted by Crippen LogP contribution is -2.33. The second kappa shape index (κ2) is 34.4. The van der Waals surface area contributed by atoms with Crippen LogP contribution in [0, 0.1) is 5.92 Å². The Labute approximate surface area is 307 Å². The fourth-order valence-electron chi connectivity index (χ4n) is 5.24. The predicted molar refractivity (Wildman–Crippen MR) is 223 cm³/mol. The van der Waals surface area contributed by atoms with Gasteiger partial charge in [-0.2, -0.15) is 0 Å². The highest BCUT2D eigenvalue weighted by Gasteiger charge is 2.36. The van der Waals surface area contributed by atoms with Crippen LogP contribution in [-0.2, 0) is 20.4 Å². The molecule has 0 N–H and O–H groups in total. The highest BCUT2D eigenvalue weighted by molar-refractivity contribution is 5.75. The average Bonchev–Trinajstić information content (AvgIpc) is 3.07. The maximum Gasteiger partial charge on any atom is 0.129 e. The van der Waals surface area contributed by atoms with Crippen LogP contribution >= 0.6 is 0 Å². The van der Waals surface area contributed by atoms with Crippen molar-refractivity contribution in [3.8, 4) is 0 Å². The van der Waals surface area contributed by atoms with Crippen molar-refractivity contribution in [1.82, 2.24) is 0 Å². The van der Waals surface area contributed by atoms with Crippen LogP contribution in [0.1, 0.15) is 198 Å². The number of Topliss-reactive ketones (excluding diaryl/α,β-unsaturated/α-hetero) is 1. The number of ether oxygens (including phenoxy) is 1. The summed E-state index contributed by atoms with van der Waals surface area (Å²) < 4.78 is 15.9. The zero-order chi connectivity index (χ0) is 38.9. The van der Waals surface area contributed by atoms with E-state index in [2.05, 4.69) is 112 Å². The van der Waals surface area contributed by atoms with E-state index in [1.165, 1.54) is 67.2 Å². The minimum Gasteiger partial charge on any atom is -0.385 e. The molecule has 1 aromatic carbocycles. The van der Waals surface area contributed by atoms with Gasteiger partial charge in [0.15, 0.2) is 0 Å². The highest BCUT2D eigenvalue weighted by atomic mass is 19.1. The van der Waals surface area contributed by atoms with Gasteiger partial charge < -0.3 is 9.53 Å². The summed E-state index contributed by atoms with van der Waals surface area (Å²) in [5, 5.41) is 0. The molecule has 0 aromatic heterocycles. The van der Waals surface area contributed by atoms with E-state index in [1.54, 1.807) is 14.0 Å². The fraction of sp³-hybridized carbons (Fsp3) is 0.717. The van der Waals surface area contributed by atoms with Crippen molar-refractivity contribution in [2.24, 2.45) is 5.92 Å². The predicted octanol–water partition coefficient (Wildman–Crippen LogP) is 15.4. The number of allylic oxidation sites excluding steroid dienone is 5. The fourth-order valence-corrected chi connectivity index (χ4v) is 5.24. The Morgan fingerprint density at radius 3 is 1.84 bits per heavy atom. The van der Waals surface area contributed by atoms with Gasteiger partial charge in [0.1, 0.15) is 5.78 Å². The number of carbonyl (C=O) groups is 1. The molecule has 1 aliphatic carbocycles. The second-order valence-corrected chi connectivity index (χ2v) is 14.4. The van der Waals surface area contributed by atoms with Gasteiger partial charge in [0.25, 0.3) is 0 Å². The first-order valence-electron chi connectivity index (χ1n) is 19.8. The minimum absolute atomic E-state index is 0.145. The third kappa shape index (κ3) is 29.4. The van der Waals surface area contributed by atoms with E-state index in [9.17, 15) is 9.18 Å². The van der Waals surface area contributed by atoms with E-state index >= 15 is 0 Å². The first-order valence-corrected chi connectivity index (χ1v) is 19.8. The molecule has 1 aliphatic rings. The molecule has 288 valence electrons. The number of fused-ring (bicyclic) bond motifs is 1. The zero-order valence-electron chi connectivity index (χ0n) is 35.8. The molecule has 0 amide bonds. The van der Waals surface area contributed by atoms with Gasteiger partial charge >= 0.3 is 0 Å². The van der Waals surface area contributed by atoms with Crippen molar-refractivity contribution in [3.05, 3.63) is 65.3 Å². The standard InChI is InChI=1S/C22H30.C9H20.C6H12O2.C5H11F.2C2H6/c1-16(2)9-8-10-17(3)18-11-12-19-20(15-18)22(6,7)14-13-21(19,4)5;1-4-6-8-9(3)7-5-2;1-6(7)4-3-5-8-2;1-2-3-4-5-6;2*1-2/h8-12,15H,3,13-14H2,1-2,4-7H3;9H,4-8H2,1-3H3;3-5H2,1-2H3;2-5H2,1H3;2*1-2H3/b10-8-;;;;;. The monoisotopic (exact) mass is 689 g/mol.